The smallest absolute Gasteiger partial charge is 0.213 e. The second-order valence-electron chi connectivity index (χ2n) is 7.33. The Morgan fingerprint density at radius 2 is 2.07 bits per heavy atom. The number of rotatable bonds is 7. The van der Waals surface area contributed by atoms with Gasteiger partial charge in [0.1, 0.15) is 6.61 Å². The first-order chi connectivity index (χ1) is 14.1. The normalized spacial score (nSPS) is 19.6. The predicted octanol–water partition coefficient (Wildman–Crippen LogP) is 3.95. The predicted molar refractivity (Wildman–Crippen MR) is 134 cm³/mol. The fraction of sp³-hybridized carbons (Fsp3) is 0.455. The molecule has 3 rings (SSSR count). The molecule has 0 spiro atoms. The van der Waals surface area contributed by atoms with E-state index in [1.807, 2.05) is 0 Å². The molecule has 2 N–H and O–H groups in total. The van der Waals surface area contributed by atoms with E-state index in [0.717, 1.165) is 31.9 Å². The van der Waals surface area contributed by atoms with Crippen molar-refractivity contribution in [3.8, 4) is 5.88 Å². The number of guanidine groups is 1. The molecule has 2 aromatic rings. The molecular weight excluding hydrogens is 513 g/mol. The number of nitrogens with zero attached hydrogens (tertiary/aromatic N) is 3. The number of pyridine rings is 1. The molecule has 6 nitrogen and oxygen atoms in total. The first-order valence-electron chi connectivity index (χ1n) is 10.1. The number of nitrogens with one attached hydrogen (secondary N) is 2. The van der Waals surface area contributed by atoms with Crippen molar-refractivity contribution in [2.75, 3.05) is 26.7 Å². The van der Waals surface area contributed by atoms with Crippen LogP contribution in [0.1, 0.15) is 25.3 Å². The Labute approximate surface area is 201 Å². The standard InChI is InChI=1S/C22H30ClN5O.HI/c1-17-14-20(10-12-28(17)16-18-6-4-3-5-7-18)27-22(24-2)25-11-13-29-21-9-8-19(23)15-26-21;/h3-9,15,17,20H,10-14,16H2,1-2H3,(H2,24,25,27);1H. The van der Waals surface area contributed by atoms with E-state index in [9.17, 15) is 0 Å². The van der Waals surface area contributed by atoms with Crippen molar-refractivity contribution in [3.63, 3.8) is 0 Å². The molecule has 2 unspecified atom stereocenters. The van der Waals surface area contributed by atoms with Crippen LogP contribution in [-0.4, -0.2) is 54.7 Å². The summed E-state index contributed by atoms with van der Waals surface area (Å²) in [6.45, 7) is 5.54. The highest BCUT2D eigenvalue weighted by Crippen LogP contribution is 2.20. The van der Waals surface area contributed by atoms with Gasteiger partial charge in [-0.1, -0.05) is 41.9 Å². The number of halogens is 2. The molecule has 0 aliphatic carbocycles. The van der Waals surface area contributed by atoms with Crippen LogP contribution in [0.3, 0.4) is 0 Å². The lowest BCUT2D eigenvalue weighted by molar-refractivity contribution is 0.134. The van der Waals surface area contributed by atoms with Gasteiger partial charge in [0, 0.05) is 44.5 Å². The lowest BCUT2D eigenvalue weighted by Gasteiger charge is -2.38. The highest BCUT2D eigenvalue weighted by atomic mass is 127. The Kier molecular flexibility index (Phi) is 10.7. The van der Waals surface area contributed by atoms with Crippen molar-refractivity contribution in [1.29, 1.82) is 0 Å². The molecule has 0 radical (unpaired) electrons. The SMILES string of the molecule is CN=C(NCCOc1ccc(Cl)cn1)NC1CCN(Cc2ccccc2)C(C)C1.I. The summed E-state index contributed by atoms with van der Waals surface area (Å²) >= 11 is 5.83. The zero-order chi connectivity index (χ0) is 20.5. The van der Waals surface area contributed by atoms with Gasteiger partial charge in [-0.2, -0.15) is 0 Å². The van der Waals surface area contributed by atoms with Gasteiger partial charge in [0.05, 0.1) is 11.6 Å². The molecular formula is C22H31ClIN5O. The van der Waals surface area contributed by atoms with Gasteiger partial charge in [0.2, 0.25) is 5.88 Å². The third-order valence-corrected chi connectivity index (χ3v) is 5.37. The maximum atomic E-state index is 5.83. The van der Waals surface area contributed by atoms with Gasteiger partial charge in [0.15, 0.2) is 5.96 Å². The van der Waals surface area contributed by atoms with Crippen LogP contribution in [0.4, 0.5) is 0 Å². The molecule has 0 bridgehead atoms. The summed E-state index contributed by atoms with van der Waals surface area (Å²) in [5.74, 6) is 1.38. The number of hydrogen-bond donors (Lipinski definition) is 2. The van der Waals surface area contributed by atoms with Crippen LogP contribution in [0.15, 0.2) is 53.7 Å². The number of ether oxygens (including phenoxy) is 1. The van der Waals surface area contributed by atoms with Gasteiger partial charge >= 0.3 is 0 Å². The van der Waals surface area contributed by atoms with Crippen LogP contribution >= 0.6 is 35.6 Å². The van der Waals surface area contributed by atoms with Gasteiger partial charge < -0.3 is 15.4 Å². The summed E-state index contributed by atoms with van der Waals surface area (Å²) < 4.78 is 5.61. The van der Waals surface area contributed by atoms with Crippen LogP contribution < -0.4 is 15.4 Å². The van der Waals surface area contributed by atoms with E-state index in [1.165, 1.54) is 5.56 Å². The molecule has 1 aromatic carbocycles. The molecule has 2 heterocycles. The molecule has 0 amide bonds. The fourth-order valence-corrected chi connectivity index (χ4v) is 3.68. The van der Waals surface area contributed by atoms with Gasteiger partial charge in [-0.25, -0.2) is 4.98 Å². The summed E-state index contributed by atoms with van der Waals surface area (Å²) in [6, 6.07) is 15.2. The van der Waals surface area contributed by atoms with E-state index >= 15 is 0 Å². The summed E-state index contributed by atoms with van der Waals surface area (Å²) in [4.78, 5) is 11.0. The molecule has 1 aliphatic heterocycles. The Bertz CT molecular complexity index is 775. The zero-order valence-electron chi connectivity index (χ0n) is 17.6. The number of benzene rings is 1. The lowest BCUT2D eigenvalue weighted by Crippen LogP contribution is -2.51. The number of hydrogen-bond acceptors (Lipinski definition) is 4. The second kappa shape index (κ2) is 13.0. The number of aliphatic imine (C=N–C) groups is 1. The largest absolute Gasteiger partial charge is 0.476 e. The quantitative estimate of drug-likeness (QED) is 0.240. The molecule has 8 heteroatoms. The maximum Gasteiger partial charge on any atom is 0.213 e. The average Bonchev–Trinajstić information content (AvgIpc) is 2.74. The van der Waals surface area contributed by atoms with Crippen molar-refractivity contribution in [1.82, 2.24) is 20.5 Å². The van der Waals surface area contributed by atoms with E-state index in [0.29, 0.717) is 36.1 Å². The van der Waals surface area contributed by atoms with Crippen molar-refractivity contribution in [2.45, 2.75) is 38.4 Å². The summed E-state index contributed by atoms with van der Waals surface area (Å²) in [5, 5.41) is 7.46. The van der Waals surface area contributed by atoms with Crippen molar-refractivity contribution in [2.24, 2.45) is 4.99 Å². The number of aromatic nitrogens is 1. The van der Waals surface area contributed by atoms with Gasteiger partial charge in [0.25, 0.3) is 0 Å². The van der Waals surface area contributed by atoms with Gasteiger partial charge in [-0.15, -0.1) is 24.0 Å². The summed E-state index contributed by atoms with van der Waals surface area (Å²) in [5.41, 5.74) is 1.37. The molecule has 1 fully saturated rings. The van der Waals surface area contributed by atoms with Gasteiger partial charge in [-0.3, -0.25) is 9.89 Å². The van der Waals surface area contributed by atoms with Crippen molar-refractivity contribution >= 4 is 41.5 Å². The van der Waals surface area contributed by atoms with Crippen LogP contribution in [0.2, 0.25) is 5.02 Å². The van der Waals surface area contributed by atoms with E-state index in [-0.39, 0.29) is 24.0 Å². The maximum absolute atomic E-state index is 5.83. The number of piperidine rings is 1. The Hall–Kier alpha value is -1.58. The minimum atomic E-state index is 0. The minimum absolute atomic E-state index is 0. The molecule has 1 saturated heterocycles. The molecule has 1 aliphatic rings. The first-order valence-corrected chi connectivity index (χ1v) is 10.5. The van der Waals surface area contributed by atoms with E-state index in [4.69, 9.17) is 16.3 Å². The van der Waals surface area contributed by atoms with Crippen LogP contribution in [0.5, 0.6) is 5.88 Å². The first kappa shape index (κ1) is 24.7. The molecule has 30 heavy (non-hydrogen) atoms. The molecule has 164 valence electrons. The third kappa shape index (κ3) is 7.92. The second-order valence-corrected chi connectivity index (χ2v) is 7.77. The Morgan fingerprint density at radius 3 is 2.73 bits per heavy atom. The Morgan fingerprint density at radius 1 is 1.27 bits per heavy atom. The van der Waals surface area contributed by atoms with Crippen molar-refractivity contribution < 1.29 is 4.74 Å². The molecule has 2 atom stereocenters. The van der Waals surface area contributed by atoms with E-state index in [1.54, 1.807) is 25.4 Å². The topological polar surface area (TPSA) is 61.8 Å². The van der Waals surface area contributed by atoms with Crippen LogP contribution in [0, 0.1) is 0 Å². The van der Waals surface area contributed by atoms with Crippen LogP contribution in [0.25, 0.3) is 0 Å². The molecule has 0 saturated carbocycles. The Balaban J connectivity index is 0.00000320. The van der Waals surface area contributed by atoms with E-state index in [2.05, 4.69) is 62.8 Å². The zero-order valence-corrected chi connectivity index (χ0v) is 20.6. The van der Waals surface area contributed by atoms with E-state index < -0.39 is 0 Å². The third-order valence-electron chi connectivity index (χ3n) is 5.15. The monoisotopic (exact) mass is 543 g/mol. The minimum Gasteiger partial charge on any atom is -0.476 e. The highest BCUT2D eigenvalue weighted by Gasteiger charge is 2.25. The number of likely N-dealkylation sites (tertiary alicyclic amines) is 1. The molecule has 1 aromatic heterocycles. The fourth-order valence-electron chi connectivity index (χ4n) is 3.57. The average molecular weight is 544 g/mol. The summed E-state index contributed by atoms with van der Waals surface area (Å²) in [6.07, 6.45) is 3.78. The highest BCUT2D eigenvalue weighted by molar-refractivity contribution is 14.0. The van der Waals surface area contributed by atoms with Gasteiger partial charge in [-0.05, 0) is 31.4 Å². The van der Waals surface area contributed by atoms with Crippen molar-refractivity contribution in [3.05, 3.63) is 59.2 Å². The van der Waals surface area contributed by atoms with Crippen LogP contribution in [-0.2, 0) is 6.54 Å². The summed E-state index contributed by atoms with van der Waals surface area (Å²) in [7, 11) is 1.80. The lowest BCUT2D eigenvalue weighted by atomic mass is 9.97.